The second kappa shape index (κ2) is 7.58. The summed E-state index contributed by atoms with van der Waals surface area (Å²) in [5.74, 6) is -0.169. The molecule has 3 N–H and O–H groups in total. The Bertz CT molecular complexity index is 706. The summed E-state index contributed by atoms with van der Waals surface area (Å²) in [4.78, 5) is 23.5. The number of amides is 2. The Labute approximate surface area is 135 Å². The minimum atomic E-state index is -0.137. The molecule has 0 aliphatic carbocycles. The molecule has 1 aromatic carbocycles. The first-order valence-electron chi connectivity index (χ1n) is 7.59. The van der Waals surface area contributed by atoms with Gasteiger partial charge in [-0.2, -0.15) is 5.10 Å². The normalized spacial score (nSPS) is 10.4. The third kappa shape index (κ3) is 4.42. The Morgan fingerprint density at radius 3 is 2.70 bits per heavy atom. The van der Waals surface area contributed by atoms with Gasteiger partial charge in [-0.15, -0.1) is 0 Å². The number of nitrogens with one attached hydrogen (secondary N) is 3. The number of H-pyrrole nitrogens is 1. The van der Waals surface area contributed by atoms with Crippen molar-refractivity contribution in [1.82, 2.24) is 20.8 Å². The third-order valence-electron chi connectivity index (χ3n) is 3.85. The fourth-order valence-corrected chi connectivity index (χ4v) is 2.27. The molecule has 0 saturated heterocycles. The van der Waals surface area contributed by atoms with Crippen molar-refractivity contribution in [3.05, 3.63) is 52.3 Å². The van der Waals surface area contributed by atoms with Gasteiger partial charge in [0, 0.05) is 37.7 Å². The van der Waals surface area contributed by atoms with Gasteiger partial charge in [0.15, 0.2) is 0 Å². The molecule has 122 valence electrons. The number of carbonyl (C=O) groups excluding carboxylic acids is 2. The van der Waals surface area contributed by atoms with Crippen LogP contribution in [-0.4, -0.2) is 29.1 Å². The number of hydrogen-bond donors (Lipinski definition) is 3. The number of rotatable bonds is 6. The van der Waals surface area contributed by atoms with Crippen molar-refractivity contribution in [2.45, 2.75) is 33.2 Å². The van der Waals surface area contributed by atoms with Crippen LogP contribution in [0.15, 0.2) is 24.3 Å². The molecule has 6 nitrogen and oxygen atoms in total. The van der Waals surface area contributed by atoms with E-state index >= 15 is 0 Å². The maximum Gasteiger partial charge on any atom is 0.251 e. The van der Waals surface area contributed by atoms with Gasteiger partial charge in [-0.1, -0.05) is 12.1 Å². The van der Waals surface area contributed by atoms with Crippen molar-refractivity contribution in [3.8, 4) is 0 Å². The van der Waals surface area contributed by atoms with Crippen molar-refractivity contribution in [2.24, 2.45) is 0 Å². The van der Waals surface area contributed by atoms with E-state index in [1.807, 2.05) is 26.0 Å². The molecule has 0 aliphatic rings. The zero-order valence-electron chi connectivity index (χ0n) is 13.7. The first-order valence-corrected chi connectivity index (χ1v) is 7.59. The summed E-state index contributed by atoms with van der Waals surface area (Å²) in [6.07, 6.45) is 1.00. The summed E-state index contributed by atoms with van der Waals surface area (Å²) in [7, 11) is 1.59. The van der Waals surface area contributed by atoms with Gasteiger partial charge >= 0.3 is 0 Å². The maximum atomic E-state index is 12.0. The molecule has 0 aliphatic heterocycles. The fraction of sp³-hybridized carbons (Fsp3) is 0.353. The lowest BCUT2D eigenvalue weighted by Crippen LogP contribution is -2.23. The van der Waals surface area contributed by atoms with Gasteiger partial charge in [0.2, 0.25) is 5.91 Å². The van der Waals surface area contributed by atoms with Gasteiger partial charge in [0.1, 0.15) is 0 Å². The molecule has 2 rings (SSSR count). The van der Waals surface area contributed by atoms with Gasteiger partial charge in [0.25, 0.3) is 5.91 Å². The van der Waals surface area contributed by atoms with Crippen LogP contribution in [0.2, 0.25) is 0 Å². The Morgan fingerprint density at radius 2 is 2.04 bits per heavy atom. The number of benzene rings is 1. The van der Waals surface area contributed by atoms with E-state index in [4.69, 9.17) is 0 Å². The lowest BCUT2D eigenvalue weighted by Gasteiger charge is -2.07. The monoisotopic (exact) mass is 314 g/mol. The number of aryl methyl sites for hydroxylation is 2. The number of carbonyl (C=O) groups is 2. The van der Waals surface area contributed by atoms with Crippen molar-refractivity contribution >= 4 is 11.8 Å². The molecule has 0 saturated carbocycles. The third-order valence-corrected chi connectivity index (χ3v) is 3.85. The summed E-state index contributed by atoms with van der Waals surface area (Å²) in [6.45, 7) is 4.37. The molecule has 0 atom stereocenters. The average molecular weight is 314 g/mol. The molecule has 0 bridgehead atoms. The van der Waals surface area contributed by atoms with E-state index in [9.17, 15) is 9.59 Å². The molecule has 1 heterocycles. The molecule has 23 heavy (non-hydrogen) atoms. The molecule has 6 heteroatoms. The van der Waals surface area contributed by atoms with Crippen LogP contribution in [0, 0.1) is 13.8 Å². The van der Waals surface area contributed by atoms with Gasteiger partial charge < -0.3 is 10.6 Å². The van der Waals surface area contributed by atoms with Crippen molar-refractivity contribution in [2.75, 3.05) is 7.05 Å². The Balaban J connectivity index is 1.85. The van der Waals surface area contributed by atoms with Gasteiger partial charge in [-0.05, 0) is 37.1 Å². The van der Waals surface area contributed by atoms with Crippen LogP contribution in [0.4, 0.5) is 0 Å². The molecule has 0 unspecified atom stereocenters. The molecular weight excluding hydrogens is 292 g/mol. The molecule has 0 spiro atoms. The molecule has 1 aromatic heterocycles. The van der Waals surface area contributed by atoms with Crippen LogP contribution in [0.3, 0.4) is 0 Å². The number of hydrogen-bond acceptors (Lipinski definition) is 3. The van der Waals surface area contributed by atoms with Crippen molar-refractivity contribution < 1.29 is 9.59 Å². The quantitative estimate of drug-likeness (QED) is 0.757. The van der Waals surface area contributed by atoms with Crippen LogP contribution < -0.4 is 10.6 Å². The maximum absolute atomic E-state index is 12.0. The largest absolute Gasteiger partial charge is 0.355 e. The van der Waals surface area contributed by atoms with Crippen molar-refractivity contribution in [3.63, 3.8) is 0 Å². The Morgan fingerprint density at radius 1 is 1.26 bits per heavy atom. The Kier molecular flexibility index (Phi) is 5.51. The smallest absolute Gasteiger partial charge is 0.251 e. The van der Waals surface area contributed by atoms with Gasteiger partial charge in [-0.3, -0.25) is 14.7 Å². The lowest BCUT2D eigenvalue weighted by molar-refractivity contribution is -0.121. The number of nitrogens with zero attached hydrogens (tertiary/aromatic N) is 1. The van der Waals surface area contributed by atoms with Crippen molar-refractivity contribution in [1.29, 1.82) is 0 Å². The second-order valence-electron chi connectivity index (χ2n) is 5.48. The number of aromatic nitrogens is 2. The van der Waals surface area contributed by atoms with Crippen LogP contribution in [0.25, 0.3) is 0 Å². The van der Waals surface area contributed by atoms with E-state index in [0.29, 0.717) is 24.9 Å². The van der Waals surface area contributed by atoms with E-state index in [0.717, 1.165) is 22.5 Å². The predicted molar refractivity (Wildman–Crippen MR) is 88.1 cm³/mol. The summed E-state index contributed by atoms with van der Waals surface area (Å²) in [5, 5.41) is 12.6. The van der Waals surface area contributed by atoms with E-state index in [1.165, 1.54) is 0 Å². The van der Waals surface area contributed by atoms with Gasteiger partial charge in [0.05, 0.1) is 5.69 Å². The van der Waals surface area contributed by atoms with Crippen LogP contribution in [0.1, 0.15) is 39.3 Å². The van der Waals surface area contributed by atoms with E-state index in [-0.39, 0.29) is 11.8 Å². The molecule has 0 fully saturated rings. The molecule has 2 amide bonds. The summed E-state index contributed by atoms with van der Waals surface area (Å²) in [5.41, 5.74) is 4.55. The Hall–Kier alpha value is -2.63. The first-order chi connectivity index (χ1) is 11.0. The minimum Gasteiger partial charge on any atom is -0.355 e. The van der Waals surface area contributed by atoms with E-state index in [2.05, 4.69) is 20.8 Å². The van der Waals surface area contributed by atoms with Crippen LogP contribution in [-0.2, 0) is 17.8 Å². The zero-order valence-corrected chi connectivity index (χ0v) is 13.7. The standard InChI is InChI=1S/C17H22N4O2/c1-11-12(2)20-21-15(11)7-8-16(22)19-10-13-5-4-6-14(9-13)17(23)18-3/h4-6,9H,7-8,10H2,1-3H3,(H,18,23)(H,19,22)(H,20,21). The fourth-order valence-electron chi connectivity index (χ4n) is 2.27. The molecular formula is C17H22N4O2. The van der Waals surface area contributed by atoms with Gasteiger partial charge in [-0.25, -0.2) is 0 Å². The van der Waals surface area contributed by atoms with Crippen LogP contribution in [0.5, 0.6) is 0 Å². The SMILES string of the molecule is CNC(=O)c1cccc(CNC(=O)CCc2n[nH]c(C)c2C)c1. The molecule has 0 radical (unpaired) electrons. The highest BCUT2D eigenvalue weighted by molar-refractivity contribution is 5.94. The minimum absolute atomic E-state index is 0.0320. The summed E-state index contributed by atoms with van der Waals surface area (Å²) < 4.78 is 0. The zero-order chi connectivity index (χ0) is 16.8. The van der Waals surface area contributed by atoms with E-state index < -0.39 is 0 Å². The lowest BCUT2D eigenvalue weighted by atomic mass is 10.1. The highest BCUT2D eigenvalue weighted by Gasteiger charge is 2.09. The highest BCUT2D eigenvalue weighted by atomic mass is 16.2. The van der Waals surface area contributed by atoms with E-state index in [1.54, 1.807) is 19.2 Å². The highest BCUT2D eigenvalue weighted by Crippen LogP contribution is 2.10. The second-order valence-corrected chi connectivity index (χ2v) is 5.48. The topological polar surface area (TPSA) is 86.9 Å². The average Bonchev–Trinajstić information content (AvgIpc) is 2.89. The predicted octanol–water partition coefficient (Wildman–Crippen LogP) is 1.64. The van der Waals surface area contributed by atoms with Crippen LogP contribution >= 0.6 is 0 Å². The number of aromatic amines is 1. The molecule has 2 aromatic rings. The summed E-state index contributed by atoms with van der Waals surface area (Å²) in [6, 6.07) is 7.21. The first kappa shape index (κ1) is 16.7. The summed E-state index contributed by atoms with van der Waals surface area (Å²) >= 11 is 0.